The number of hydrogen-bond donors (Lipinski definition) is 1. The maximum absolute atomic E-state index is 6.19. The highest BCUT2D eigenvalue weighted by atomic mass is 16.7. The molecule has 104 valence electrons. The van der Waals surface area contributed by atoms with Crippen molar-refractivity contribution in [3.05, 3.63) is 71.8 Å². The van der Waals surface area contributed by atoms with Crippen LogP contribution < -0.4 is 5.73 Å². The summed E-state index contributed by atoms with van der Waals surface area (Å²) in [5, 5.41) is 0. The predicted molar refractivity (Wildman–Crippen MR) is 78.4 cm³/mol. The molecule has 0 saturated carbocycles. The van der Waals surface area contributed by atoms with Gasteiger partial charge < -0.3 is 15.2 Å². The summed E-state index contributed by atoms with van der Waals surface area (Å²) in [6.45, 7) is 1.67. The van der Waals surface area contributed by atoms with Crippen molar-refractivity contribution in [1.82, 2.24) is 0 Å². The molecule has 1 aliphatic rings. The lowest BCUT2D eigenvalue weighted by molar-refractivity contribution is -0.0843. The van der Waals surface area contributed by atoms with Crippen molar-refractivity contribution in [3.63, 3.8) is 0 Å². The van der Waals surface area contributed by atoms with E-state index in [2.05, 4.69) is 24.3 Å². The Morgan fingerprint density at radius 1 is 0.850 bits per heavy atom. The maximum atomic E-state index is 6.19. The zero-order valence-electron chi connectivity index (χ0n) is 11.4. The summed E-state index contributed by atoms with van der Waals surface area (Å²) in [6.07, 6.45) is -0.336. The van der Waals surface area contributed by atoms with E-state index in [0.717, 1.165) is 11.1 Å². The van der Waals surface area contributed by atoms with Crippen molar-refractivity contribution in [2.45, 2.75) is 11.7 Å². The molecule has 0 unspecified atom stereocenters. The molecule has 2 N–H and O–H groups in total. The molecule has 1 aliphatic heterocycles. The van der Waals surface area contributed by atoms with E-state index in [1.54, 1.807) is 0 Å². The van der Waals surface area contributed by atoms with Gasteiger partial charge in [0.15, 0.2) is 6.29 Å². The lowest BCUT2D eigenvalue weighted by Gasteiger charge is -2.37. The van der Waals surface area contributed by atoms with Gasteiger partial charge in [-0.2, -0.15) is 0 Å². The van der Waals surface area contributed by atoms with Gasteiger partial charge in [-0.05, 0) is 11.1 Å². The molecule has 2 aromatic carbocycles. The maximum Gasteiger partial charge on any atom is 0.172 e. The second-order valence-corrected chi connectivity index (χ2v) is 4.98. The second kappa shape index (κ2) is 5.75. The van der Waals surface area contributed by atoms with Crippen molar-refractivity contribution in [2.24, 2.45) is 5.73 Å². The Morgan fingerprint density at radius 3 is 1.70 bits per heavy atom. The fraction of sp³-hybridized carbons (Fsp3) is 0.294. The Hall–Kier alpha value is -1.68. The molecular formula is C17H19NO2. The zero-order valence-corrected chi connectivity index (χ0v) is 11.4. The van der Waals surface area contributed by atoms with Crippen molar-refractivity contribution >= 4 is 0 Å². The summed E-state index contributed by atoms with van der Waals surface area (Å²) in [6, 6.07) is 20.5. The summed E-state index contributed by atoms with van der Waals surface area (Å²) < 4.78 is 11.6. The third-order valence-electron chi connectivity index (χ3n) is 3.92. The van der Waals surface area contributed by atoms with Crippen LogP contribution >= 0.6 is 0 Å². The van der Waals surface area contributed by atoms with Crippen LogP contribution in [0.5, 0.6) is 0 Å². The van der Waals surface area contributed by atoms with Crippen LogP contribution in [0.3, 0.4) is 0 Å². The lowest BCUT2D eigenvalue weighted by Crippen LogP contribution is -2.47. The highest BCUT2D eigenvalue weighted by Crippen LogP contribution is 2.38. The van der Waals surface area contributed by atoms with E-state index in [0.29, 0.717) is 19.8 Å². The molecule has 1 fully saturated rings. The molecule has 0 spiro atoms. The van der Waals surface area contributed by atoms with Gasteiger partial charge in [-0.25, -0.2) is 0 Å². The molecule has 1 heterocycles. The van der Waals surface area contributed by atoms with Crippen LogP contribution in [0.4, 0.5) is 0 Å². The van der Waals surface area contributed by atoms with Gasteiger partial charge in [-0.1, -0.05) is 60.7 Å². The minimum atomic E-state index is -0.459. The van der Waals surface area contributed by atoms with E-state index in [9.17, 15) is 0 Å². The van der Waals surface area contributed by atoms with Crippen molar-refractivity contribution in [3.8, 4) is 0 Å². The van der Waals surface area contributed by atoms with Crippen LogP contribution in [0.1, 0.15) is 11.1 Å². The first-order chi connectivity index (χ1) is 9.88. The first-order valence-corrected chi connectivity index (χ1v) is 6.92. The van der Waals surface area contributed by atoms with E-state index >= 15 is 0 Å². The minimum absolute atomic E-state index is 0.336. The van der Waals surface area contributed by atoms with E-state index in [4.69, 9.17) is 15.2 Å². The van der Waals surface area contributed by atoms with E-state index < -0.39 is 5.41 Å². The fourth-order valence-electron chi connectivity index (χ4n) is 2.88. The van der Waals surface area contributed by atoms with Crippen molar-refractivity contribution < 1.29 is 9.47 Å². The van der Waals surface area contributed by atoms with Gasteiger partial charge in [-0.15, -0.1) is 0 Å². The number of benzene rings is 2. The van der Waals surface area contributed by atoms with Gasteiger partial charge in [0.1, 0.15) is 0 Å². The molecule has 0 aliphatic carbocycles. The number of ether oxygens (including phenoxy) is 2. The highest BCUT2D eigenvalue weighted by Gasteiger charge is 2.44. The van der Waals surface area contributed by atoms with Gasteiger partial charge in [0.2, 0.25) is 0 Å². The lowest BCUT2D eigenvalue weighted by atomic mass is 9.73. The van der Waals surface area contributed by atoms with Crippen LogP contribution in [0, 0.1) is 0 Å². The molecule has 3 nitrogen and oxygen atoms in total. The van der Waals surface area contributed by atoms with Gasteiger partial charge in [0.05, 0.1) is 18.6 Å². The average molecular weight is 269 g/mol. The minimum Gasteiger partial charge on any atom is -0.349 e. The standard InChI is InChI=1S/C17H19NO2/c18-13-17(16-19-11-12-20-16,14-7-3-1-4-8-14)15-9-5-2-6-10-15/h1-10,16H,11-13,18H2. The Kier molecular flexibility index (Phi) is 3.83. The van der Waals surface area contributed by atoms with Gasteiger partial charge in [0, 0.05) is 6.54 Å². The molecular weight excluding hydrogens is 250 g/mol. The van der Waals surface area contributed by atoms with Crippen molar-refractivity contribution in [1.29, 1.82) is 0 Å². The largest absolute Gasteiger partial charge is 0.349 e. The topological polar surface area (TPSA) is 44.5 Å². The molecule has 0 atom stereocenters. The first kappa shape index (κ1) is 13.3. The summed E-state index contributed by atoms with van der Waals surface area (Å²) in [7, 11) is 0. The Morgan fingerprint density at radius 2 is 1.30 bits per heavy atom. The molecule has 0 amide bonds. The Bertz CT molecular complexity index is 496. The summed E-state index contributed by atoms with van der Waals surface area (Å²) in [5.41, 5.74) is 7.98. The molecule has 1 saturated heterocycles. The monoisotopic (exact) mass is 269 g/mol. The second-order valence-electron chi connectivity index (χ2n) is 4.98. The van der Waals surface area contributed by atoms with Gasteiger partial charge in [0.25, 0.3) is 0 Å². The van der Waals surface area contributed by atoms with Gasteiger partial charge >= 0.3 is 0 Å². The number of rotatable bonds is 4. The van der Waals surface area contributed by atoms with E-state index in [1.165, 1.54) is 0 Å². The van der Waals surface area contributed by atoms with Crippen LogP contribution in [-0.4, -0.2) is 26.0 Å². The van der Waals surface area contributed by atoms with Crippen LogP contribution in [0.15, 0.2) is 60.7 Å². The third-order valence-corrected chi connectivity index (χ3v) is 3.92. The number of nitrogens with two attached hydrogens (primary N) is 1. The Labute approximate surface area is 119 Å². The Balaban J connectivity index is 2.15. The smallest absolute Gasteiger partial charge is 0.172 e. The quantitative estimate of drug-likeness (QED) is 0.926. The summed E-state index contributed by atoms with van der Waals surface area (Å²) in [4.78, 5) is 0. The van der Waals surface area contributed by atoms with E-state index in [1.807, 2.05) is 36.4 Å². The highest BCUT2D eigenvalue weighted by molar-refractivity contribution is 5.41. The number of hydrogen-bond acceptors (Lipinski definition) is 3. The van der Waals surface area contributed by atoms with Crippen LogP contribution in [0.2, 0.25) is 0 Å². The molecule has 0 aromatic heterocycles. The fourth-order valence-corrected chi connectivity index (χ4v) is 2.88. The van der Waals surface area contributed by atoms with E-state index in [-0.39, 0.29) is 6.29 Å². The predicted octanol–water partition coefficient (Wildman–Crippen LogP) is 2.30. The normalized spacial score (nSPS) is 16.4. The first-order valence-electron chi connectivity index (χ1n) is 6.92. The summed E-state index contributed by atoms with van der Waals surface area (Å²) >= 11 is 0. The van der Waals surface area contributed by atoms with Crippen molar-refractivity contribution in [2.75, 3.05) is 19.8 Å². The van der Waals surface area contributed by atoms with Crippen LogP contribution in [-0.2, 0) is 14.9 Å². The molecule has 3 rings (SSSR count). The molecule has 0 radical (unpaired) electrons. The van der Waals surface area contributed by atoms with Gasteiger partial charge in [-0.3, -0.25) is 0 Å². The molecule has 3 heteroatoms. The molecule has 0 bridgehead atoms. The SMILES string of the molecule is NCC(c1ccccc1)(c1ccccc1)C1OCCO1. The molecule has 20 heavy (non-hydrogen) atoms. The van der Waals surface area contributed by atoms with Crippen LogP contribution in [0.25, 0.3) is 0 Å². The molecule has 2 aromatic rings. The third kappa shape index (κ3) is 2.14. The summed E-state index contributed by atoms with van der Waals surface area (Å²) in [5.74, 6) is 0. The average Bonchev–Trinajstić information content (AvgIpc) is 3.06. The zero-order chi connectivity index (χ0) is 13.8.